The van der Waals surface area contributed by atoms with Gasteiger partial charge in [0.1, 0.15) is 24.0 Å². The number of ether oxygens (including phenoxy) is 3. The Bertz CT molecular complexity index is 1660. The molecule has 0 radical (unpaired) electrons. The molecule has 0 unspecified atom stereocenters. The van der Waals surface area contributed by atoms with Crippen molar-refractivity contribution in [1.82, 2.24) is 10.6 Å². The van der Waals surface area contributed by atoms with E-state index in [2.05, 4.69) is 15.4 Å². The van der Waals surface area contributed by atoms with Crippen LogP contribution in [0.15, 0.2) is 48.5 Å². The SMILES string of the molecule is CN[C@@H](C)C(=O)N[C@H]1COc2c(C(=O)OC(=O)C(F)(F)F)cccc2N(Cc2c(OC)ccc3cc(C(=O)O)ccc23)C1=O. The van der Waals surface area contributed by atoms with Crippen LogP contribution >= 0.6 is 0 Å². The van der Waals surface area contributed by atoms with Gasteiger partial charge in [0.15, 0.2) is 5.75 Å². The largest absolute Gasteiger partial charge is 0.496 e. The topological polar surface area (TPSA) is 161 Å². The first-order chi connectivity index (χ1) is 20.8. The summed E-state index contributed by atoms with van der Waals surface area (Å²) in [6.45, 7) is 0.731. The zero-order valence-electron chi connectivity index (χ0n) is 23.5. The number of esters is 2. The standard InChI is InChI=1S/C29H26F3N3O9/c1-14(33-2)24(36)34-20-13-43-23-18(27(40)44-28(41)29(30,31)32)5-4-6-21(23)35(25(20)37)12-19-17-9-7-16(26(38)39)11-15(17)8-10-22(19)42-3/h4-11,14,20,33H,12-13H2,1-3H3,(H,34,36)(H,38,39)/t14-,20-/m0/s1. The van der Waals surface area contributed by atoms with E-state index < -0.39 is 60.2 Å². The Morgan fingerprint density at radius 3 is 2.50 bits per heavy atom. The molecule has 2 amide bonds. The number of fused-ring (bicyclic) bond motifs is 2. The lowest BCUT2D eigenvalue weighted by atomic mass is 10.00. The highest BCUT2D eigenvalue weighted by Crippen LogP contribution is 2.39. The lowest BCUT2D eigenvalue weighted by molar-refractivity contribution is -0.193. The van der Waals surface area contributed by atoms with E-state index >= 15 is 0 Å². The van der Waals surface area contributed by atoms with Gasteiger partial charge in [-0.15, -0.1) is 0 Å². The molecule has 1 heterocycles. The van der Waals surface area contributed by atoms with E-state index in [0.717, 1.165) is 11.0 Å². The molecule has 3 N–H and O–H groups in total. The molecular formula is C29H26F3N3O9. The van der Waals surface area contributed by atoms with Gasteiger partial charge in [0.2, 0.25) is 5.91 Å². The van der Waals surface area contributed by atoms with Crippen molar-refractivity contribution in [1.29, 1.82) is 0 Å². The first kappa shape index (κ1) is 31.7. The Balaban J connectivity index is 1.85. The minimum Gasteiger partial charge on any atom is -0.496 e. The first-order valence-electron chi connectivity index (χ1n) is 13.0. The number of carbonyl (C=O) groups excluding carboxylic acids is 4. The number of hydrogen-bond donors (Lipinski definition) is 3. The molecule has 15 heteroatoms. The number of methoxy groups -OCH3 is 1. The van der Waals surface area contributed by atoms with Crippen LogP contribution in [0.25, 0.3) is 10.8 Å². The van der Waals surface area contributed by atoms with Crippen LogP contribution in [0.3, 0.4) is 0 Å². The smallest absolute Gasteiger partial charge is 0.491 e. The summed E-state index contributed by atoms with van der Waals surface area (Å²) in [7, 11) is 2.91. The number of carboxylic acid groups (broad SMARTS) is 1. The summed E-state index contributed by atoms with van der Waals surface area (Å²) in [6, 6.07) is 9.12. The van der Waals surface area contributed by atoms with Gasteiger partial charge in [-0.3, -0.25) is 9.59 Å². The number of para-hydroxylation sites is 1. The minimum absolute atomic E-state index is 0.0104. The summed E-state index contributed by atoms with van der Waals surface area (Å²) in [4.78, 5) is 63.5. The molecule has 12 nitrogen and oxygen atoms in total. The Labute approximate surface area is 247 Å². The van der Waals surface area contributed by atoms with Crippen molar-refractivity contribution in [3.63, 3.8) is 0 Å². The van der Waals surface area contributed by atoms with Crippen molar-refractivity contribution in [3.8, 4) is 11.5 Å². The van der Waals surface area contributed by atoms with Gasteiger partial charge < -0.3 is 34.9 Å². The first-order valence-corrected chi connectivity index (χ1v) is 13.0. The molecule has 0 fully saturated rings. The monoisotopic (exact) mass is 617 g/mol. The van der Waals surface area contributed by atoms with Crippen LogP contribution in [0.4, 0.5) is 18.9 Å². The Kier molecular flexibility index (Phi) is 9.08. The van der Waals surface area contributed by atoms with Gasteiger partial charge in [0.25, 0.3) is 5.91 Å². The van der Waals surface area contributed by atoms with E-state index in [1.165, 1.54) is 44.5 Å². The van der Waals surface area contributed by atoms with Crippen LogP contribution in [0.2, 0.25) is 0 Å². The molecule has 232 valence electrons. The number of rotatable bonds is 8. The van der Waals surface area contributed by atoms with Gasteiger partial charge in [0, 0.05) is 5.56 Å². The lowest BCUT2D eigenvalue weighted by Crippen LogP contribution is -2.53. The lowest BCUT2D eigenvalue weighted by Gasteiger charge is -2.27. The predicted molar refractivity (Wildman–Crippen MR) is 148 cm³/mol. The zero-order valence-corrected chi connectivity index (χ0v) is 23.5. The van der Waals surface area contributed by atoms with Crippen molar-refractivity contribution in [2.45, 2.75) is 31.7 Å². The maximum absolute atomic E-state index is 14.0. The molecule has 3 aromatic carbocycles. The van der Waals surface area contributed by atoms with Crippen LogP contribution in [0.5, 0.6) is 11.5 Å². The molecule has 0 aliphatic carbocycles. The Morgan fingerprint density at radius 1 is 1.14 bits per heavy atom. The highest BCUT2D eigenvalue weighted by atomic mass is 19.4. The Morgan fingerprint density at radius 2 is 1.86 bits per heavy atom. The highest BCUT2D eigenvalue weighted by molar-refractivity contribution is 6.06. The van der Waals surface area contributed by atoms with Gasteiger partial charge in [0.05, 0.1) is 30.9 Å². The average Bonchev–Trinajstić information content (AvgIpc) is 3.11. The third kappa shape index (κ3) is 6.41. The molecule has 4 rings (SSSR count). The summed E-state index contributed by atoms with van der Waals surface area (Å²) in [5, 5.41) is 15.7. The van der Waals surface area contributed by atoms with Crippen LogP contribution in [0.1, 0.15) is 33.2 Å². The van der Waals surface area contributed by atoms with Gasteiger partial charge >= 0.3 is 24.1 Å². The number of carbonyl (C=O) groups is 5. The van der Waals surface area contributed by atoms with Crippen molar-refractivity contribution < 1.29 is 56.5 Å². The number of aromatic carboxylic acids is 1. The number of nitrogens with zero attached hydrogens (tertiary/aromatic N) is 1. The highest BCUT2D eigenvalue weighted by Gasteiger charge is 2.43. The molecule has 1 aliphatic heterocycles. The van der Waals surface area contributed by atoms with E-state index in [1.807, 2.05) is 0 Å². The number of halogens is 3. The second kappa shape index (κ2) is 12.6. The molecule has 0 saturated carbocycles. The Hall–Kier alpha value is -5.18. The van der Waals surface area contributed by atoms with E-state index in [1.54, 1.807) is 19.1 Å². The van der Waals surface area contributed by atoms with Gasteiger partial charge in [-0.25, -0.2) is 14.4 Å². The fraction of sp³-hybridized carbons (Fsp3) is 0.276. The number of alkyl halides is 3. The molecule has 2 atom stereocenters. The summed E-state index contributed by atoms with van der Waals surface area (Å²) in [5.41, 5.74) is -0.249. The summed E-state index contributed by atoms with van der Waals surface area (Å²) in [6.07, 6.45) is -5.45. The van der Waals surface area contributed by atoms with Crippen molar-refractivity contribution in [3.05, 3.63) is 65.2 Å². The summed E-state index contributed by atoms with van der Waals surface area (Å²) >= 11 is 0. The van der Waals surface area contributed by atoms with Crippen LogP contribution in [-0.4, -0.2) is 73.9 Å². The van der Waals surface area contributed by atoms with Gasteiger partial charge in [-0.05, 0) is 55.1 Å². The fourth-order valence-electron chi connectivity index (χ4n) is 4.51. The van der Waals surface area contributed by atoms with Crippen molar-refractivity contribution in [2.75, 3.05) is 25.7 Å². The quantitative estimate of drug-likeness (QED) is 0.253. The number of benzene rings is 3. The second-order valence-electron chi connectivity index (χ2n) is 9.62. The number of likely N-dealkylation sites (N-methyl/N-ethyl adjacent to an activating group) is 1. The van der Waals surface area contributed by atoms with Crippen molar-refractivity contribution in [2.24, 2.45) is 0 Å². The molecule has 0 bridgehead atoms. The van der Waals surface area contributed by atoms with E-state index in [0.29, 0.717) is 22.1 Å². The number of carboxylic acids is 1. The molecule has 0 spiro atoms. The molecular weight excluding hydrogens is 591 g/mol. The maximum atomic E-state index is 14.0. The van der Waals surface area contributed by atoms with Crippen LogP contribution < -0.4 is 25.0 Å². The van der Waals surface area contributed by atoms with Crippen LogP contribution in [0, 0.1) is 0 Å². The van der Waals surface area contributed by atoms with Gasteiger partial charge in [-0.2, -0.15) is 13.2 Å². The molecule has 1 aliphatic rings. The van der Waals surface area contributed by atoms with E-state index in [-0.39, 0.29) is 23.5 Å². The second-order valence-corrected chi connectivity index (χ2v) is 9.62. The van der Waals surface area contributed by atoms with E-state index in [4.69, 9.17) is 9.47 Å². The molecule has 44 heavy (non-hydrogen) atoms. The number of amides is 2. The number of anilines is 1. The summed E-state index contributed by atoms with van der Waals surface area (Å²) < 4.78 is 53.7. The molecule has 3 aromatic rings. The van der Waals surface area contributed by atoms with Gasteiger partial charge in [-0.1, -0.05) is 18.2 Å². The number of hydrogen-bond acceptors (Lipinski definition) is 9. The third-order valence-electron chi connectivity index (χ3n) is 6.89. The van der Waals surface area contributed by atoms with Crippen molar-refractivity contribution >= 4 is 46.2 Å². The normalized spacial score (nSPS) is 15.5. The average molecular weight is 618 g/mol. The third-order valence-corrected chi connectivity index (χ3v) is 6.89. The summed E-state index contributed by atoms with van der Waals surface area (Å²) in [5.74, 6) is -6.92. The molecule has 0 saturated heterocycles. The molecule has 0 aromatic heterocycles. The fourth-order valence-corrected chi connectivity index (χ4v) is 4.51. The predicted octanol–water partition coefficient (Wildman–Crippen LogP) is 2.81. The zero-order chi connectivity index (χ0) is 32.3. The van der Waals surface area contributed by atoms with E-state index in [9.17, 15) is 42.3 Å². The number of nitrogens with one attached hydrogen (secondary N) is 2. The minimum atomic E-state index is -5.45. The maximum Gasteiger partial charge on any atom is 0.491 e. The van der Waals surface area contributed by atoms with Crippen LogP contribution in [-0.2, 0) is 25.7 Å².